The van der Waals surface area contributed by atoms with Gasteiger partial charge >= 0.3 is 5.97 Å². The van der Waals surface area contributed by atoms with Crippen molar-refractivity contribution in [3.05, 3.63) is 110 Å². The Morgan fingerprint density at radius 3 is 2.74 bits per heavy atom. The normalized spacial score (nSPS) is 14.4. The van der Waals surface area contributed by atoms with Crippen LogP contribution in [0.15, 0.2) is 77.0 Å². The van der Waals surface area contributed by atoms with Crippen LogP contribution in [0.5, 0.6) is 5.75 Å². The fourth-order valence-electron chi connectivity index (χ4n) is 4.26. The number of carbonyl (C=O) groups is 2. The number of hydrogen-bond acceptors (Lipinski definition) is 8. The maximum atomic E-state index is 13.8. The van der Waals surface area contributed by atoms with Crippen LogP contribution in [0.1, 0.15) is 43.1 Å². The van der Waals surface area contributed by atoms with Crippen molar-refractivity contribution in [1.82, 2.24) is 4.98 Å². The third-order valence-electron chi connectivity index (χ3n) is 5.88. The molecule has 0 saturated heterocycles. The van der Waals surface area contributed by atoms with Gasteiger partial charge in [0.2, 0.25) is 5.76 Å². The van der Waals surface area contributed by atoms with E-state index in [0.717, 1.165) is 11.3 Å². The highest BCUT2D eigenvalue weighted by molar-refractivity contribution is 7.17. The Bertz CT molecular complexity index is 1670. The number of carbonyl (C=O) groups excluding carboxylic acids is 2. The molecule has 1 aliphatic rings. The van der Waals surface area contributed by atoms with E-state index in [0.29, 0.717) is 22.0 Å². The van der Waals surface area contributed by atoms with Gasteiger partial charge in [0.25, 0.3) is 5.91 Å². The Hall–Kier alpha value is -4.21. The molecule has 0 saturated carbocycles. The molecule has 2 aromatic carbocycles. The SMILES string of the molecule is C=CCOC(=O)c1sc(N2C(=O)c3oc4ccc(Cl)cc4c(=O)c3C2c2cccc(OCC=C)c2)nc1C. The van der Waals surface area contributed by atoms with Crippen molar-refractivity contribution < 1.29 is 23.5 Å². The lowest BCUT2D eigenvalue weighted by Crippen LogP contribution is -2.29. The van der Waals surface area contributed by atoms with E-state index in [1.54, 1.807) is 49.4 Å². The molecule has 2 aromatic heterocycles. The topological polar surface area (TPSA) is 98.9 Å². The van der Waals surface area contributed by atoms with Gasteiger partial charge in [0.15, 0.2) is 10.6 Å². The van der Waals surface area contributed by atoms with Crippen molar-refractivity contribution in [2.24, 2.45) is 0 Å². The summed E-state index contributed by atoms with van der Waals surface area (Å²) in [6.45, 7) is 9.18. The Morgan fingerprint density at radius 2 is 1.97 bits per heavy atom. The number of esters is 1. The molecule has 0 fully saturated rings. The maximum Gasteiger partial charge on any atom is 0.350 e. The lowest BCUT2D eigenvalue weighted by molar-refractivity contribution is 0.0554. The minimum absolute atomic E-state index is 0.0350. The highest BCUT2D eigenvalue weighted by Crippen LogP contribution is 2.43. The van der Waals surface area contributed by atoms with Crippen molar-refractivity contribution in [2.45, 2.75) is 13.0 Å². The molecule has 38 heavy (non-hydrogen) atoms. The molecule has 5 rings (SSSR count). The van der Waals surface area contributed by atoms with Crippen LogP contribution in [0.2, 0.25) is 5.02 Å². The van der Waals surface area contributed by atoms with E-state index in [2.05, 4.69) is 18.1 Å². The lowest BCUT2D eigenvalue weighted by Gasteiger charge is -2.23. The van der Waals surface area contributed by atoms with Crippen molar-refractivity contribution in [2.75, 3.05) is 18.1 Å². The minimum atomic E-state index is -0.896. The van der Waals surface area contributed by atoms with E-state index in [4.69, 9.17) is 25.5 Å². The molecule has 10 heteroatoms. The van der Waals surface area contributed by atoms with E-state index in [1.165, 1.54) is 17.0 Å². The van der Waals surface area contributed by atoms with Gasteiger partial charge in [-0.05, 0) is 42.8 Å². The summed E-state index contributed by atoms with van der Waals surface area (Å²) in [5, 5.41) is 0.827. The Labute approximate surface area is 226 Å². The summed E-state index contributed by atoms with van der Waals surface area (Å²) in [4.78, 5) is 46.3. The minimum Gasteiger partial charge on any atom is -0.490 e. The van der Waals surface area contributed by atoms with E-state index in [1.807, 2.05) is 0 Å². The maximum absolute atomic E-state index is 13.8. The molecule has 0 aliphatic carbocycles. The first-order valence-corrected chi connectivity index (χ1v) is 12.7. The molecule has 1 amide bonds. The number of rotatable bonds is 8. The van der Waals surface area contributed by atoms with Gasteiger partial charge in [-0.25, -0.2) is 9.78 Å². The van der Waals surface area contributed by atoms with Crippen molar-refractivity contribution >= 4 is 50.9 Å². The number of nitrogens with zero attached hydrogens (tertiary/aromatic N) is 2. The van der Waals surface area contributed by atoms with E-state index in [-0.39, 0.29) is 50.9 Å². The standard InChI is InChI=1S/C28H21ClN2O6S/c1-4-11-35-18-8-6-7-16(13-18)22-21-23(32)19-14-17(29)9-10-20(19)37-24(21)26(33)31(22)28-30-15(3)25(38-28)27(34)36-12-5-2/h4-10,13-14,22H,1-2,11-12H2,3H3. The number of benzene rings is 2. The third kappa shape index (κ3) is 4.40. The first kappa shape index (κ1) is 25.4. The van der Waals surface area contributed by atoms with Crippen LogP contribution in [-0.4, -0.2) is 30.1 Å². The Kier molecular flexibility index (Phi) is 6.88. The fourth-order valence-corrected chi connectivity index (χ4v) is 5.42. The fraction of sp³-hybridized carbons (Fsp3) is 0.143. The highest BCUT2D eigenvalue weighted by atomic mass is 35.5. The van der Waals surface area contributed by atoms with E-state index < -0.39 is 17.9 Å². The number of anilines is 1. The monoisotopic (exact) mass is 548 g/mol. The molecule has 1 atom stereocenters. The average molecular weight is 549 g/mol. The zero-order valence-electron chi connectivity index (χ0n) is 20.2. The second-order valence-electron chi connectivity index (χ2n) is 8.36. The van der Waals surface area contributed by atoms with Crippen molar-refractivity contribution in [3.8, 4) is 5.75 Å². The largest absolute Gasteiger partial charge is 0.490 e. The number of aromatic nitrogens is 1. The lowest BCUT2D eigenvalue weighted by atomic mass is 9.98. The first-order chi connectivity index (χ1) is 18.3. The van der Waals surface area contributed by atoms with Gasteiger partial charge in [-0.2, -0.15) is 0 Å². The number of halogens is 1. The van der Waals surface area contributed by atoms with Gasteiger partial charge in [0, 0.05) is 5.02 Å². The smallest absolute Gasteiger partial charge is 0.350 e. The molecular formula is C28H21ClN2O6S. The van der Waals surface area contributed by atoms with E-state index >= 15 is 0 Å². The summed E-state index contributed by atoms with van der Waals surface area (Å²) in [7, 11) is 0. The number of aryl methyl sites for hydroxylation is 1. The molecule has 4 aromatic rings. The molecule has 0 spiro atoms. The van der Waals surface area contributed by atoms with Crippen LogP contribution in [0.25, 0.3) is 11.0 Å². The number of fused-ring (bicyclic) bond motifs is 2. The summed E-state index contributed by atoms with van der Waals surface area (Å²) in [6.07, 6.45) is 3.07. The molecule has 1 aliphatic heterocycles. The number of thiazole rings is 1. The predicted octanol–water partition coefficient (Wildman–Crippen LogP) is 5.87. The second-order valence-corrected chi connectivity index (χ2v) is 9.78. The summed E-state index contributed by atoms with van der Waals surface area (Å²) in [6, 6.07) is 10.8. The quantitative estimate of drug-likeness (QED) is 0.200. The van der Waals surface area contributed by atoms with Gasteiger partial charge in [0.05, 0.1) is 22.7 Å². The number of hydrogen-bond donors (Lipinski definition) is 0. The molecule has 192 valence electrons. The zero-order chi connectivity index (χ0) is 27.0. The summed E-state index contributed by atoms with van der Waals surface area (Å²) >= 11 is 7.16. The van der Waals surface area contributed by atoms with Crippen LogP contribution in [0.4, 0.5) is 5.13 Å². The van der Waals surface area contributed by atoms with E-state index in [9.17, 15) is 14.4 Å². The molecule has 8 nitrogen and oxygen atoms in total. The van der Waals surface area contributed by atoms with Gasteiger partial charge < -0.3 is 13.9 Å². The first-order valence-electron chi connectivity index (χ1n) is 11.5. The van der Waals surface area contributed by atoms with Crippen LogP contribution < -0.4 is 15.1 Å². The number of ether oxygens (including phenoxy) is 2. The molecule has 0 bridgehead atoms. The van der Waals surface area contributed by atoms with Gasteiger partial charge in [-0.15, -0.1) is 0 Å². The number of amides is 1. The average Bonchev–Trinajstić information content (AvgIpc) is 3.44. The van der Waals surface area contributed by atoms with Crippen molar-refractivity contribution in [3.63, 3.8) is 0 Å². The molecular weight excluding hydrogens is 528 g/mol. The third-order valence-corrected chi connectivity index (χ3v) is 7.25. The predicted molar refractivity (Wildman–Crippen MR) is 146 cm³/mol. The summed E-state index contributed by atoms with van der Waals surface area (Å²) in [5.74, 6) is -0.714. The molecule has 3 heterocycles. The van der Waals surface area contributed by atoms with Crippen LogP contribution in [0.3, 0.4) is 0 Å². The van der Waals surface area contributed by atoms with Gasteiger partial charge in [-0.1, -0.05) is 60.4 Å². The Morgan fingerprint density at radius 1 is 1.18 bits per heavy atom. The summed E-state index contributed by atoms with van der Waals surface area (Å²) < 4.78 is 16.8. The van der Waals surface area contributed by atoms with Gasteiger partial charge in [0.1, 0.15) is 29.4 Å². The van der Waals surface area contributed by atoms with Crippen LogP contribution in [-0.2, 0) is 4.74 Å². The van der Waals surface area contributed by atoms with Crippen LogP contribution >= 0.6 is 22.9 Å². The Balaban J connectivity index is 1.71. The van der Waals surface area contributed by atoms with Crippen molar-refractivity contribution in [1.29, 1.82) is 0 Å². The highest BCUT2D eigenvalue weighted by Gasteiger charge is 2.45. The van der Waals surface area contributed by atoms with Gasteiger partial charge in [-0.3, -0.25) is 14.5 Å². The summed E-state index contributed by atoms with van der Waals surface area (Å²) in [5.41, 5.74) is 0.978. The molecule has 0 N–H and O–H groups in total. The van der Waals surface area contributed by atoms with Crippen LogP contribution in [0, 0.1) is 6.92 Å². The second kappa shape index (κ2) is 10.3. The molecule has 0 radical (unpaired) electrons. The zero-order valence-corrected chi connectivity index (χ0v) is 21.8. The molecule has 1 unspecified atom stereocenters.